The molecule has 0 radical (unpaired) electrons. The number of hydrogen-bond donors (Lipinski definition) is 0. The molecule has 0 saturated carbocycles. The Bertz CT molecular complexity index is 430. The average Bonchev–Trinajstić information content (AvgIpc) is 2.44. The number of ether oxygens (including phenoxy) is 1. The van der Waals surface area contributed by atoms with Crippen LogP contribution < -0.4 is 0 Å². The second-order valence-corrected chi connectivity index (χ2v) is 4.29. The highest BCUT2D eigenvalue weighted by Gasteiger charge is 2.08. The van der Waals surface area contributed by atoms with E-state index in [2.05, 4.69) is 6.92 Å². The van der Waals surface area contributed by atoms with E-state index in [1.807, 2.05) is 55.5 Å². The number of hydrogen-bond acceptors (Lipinski definition) is 2. The van der Waals surface area contributed by atoms with Crippen LogP contribution in [0.3, 0.4) is 0 Å². The zero-order valence-corrected chi connectivity index (χ0v) is 11.8. The molecule has 0 fully saturated rings. The SMILES string of the molecule is CCCC/C(=C\C=C\c1ccccc1)C(=O)OCC. The molecule has 2 heteroatoms. The largest absolute Gasteiger partial charge is 0.463 e. The first kappa shape index (κ1) is 15.2. The van der Waals surface area contributed by atoms with Crippen LogP contribution in [0.2, 0.25) is 0 Å². The fourth-order valence-electron chi connectivity index (χ4n) is 1.68. The lowest BCUT2D eigenvalue weighted by atomic mass is 10.1. The molecule has 0 aromatic heterocycles. The molecule has 0 bridgehead atoms. The van der Waals surface area contributed by atoms with Gasteiger partial charge in [0.1, 0.15) is 0 Å². The predicted molar refractivity (Wildman–Crippen MR) is 79.7 cm³/mol. The van der Waals surface area contributed by atoms with E-state index in [1.54, 1.807) is 0 Å². The smallest absolute Gasteiger partial charge is 0.333 e. The van der Waals surface area contributed by atoms with Crippen molar-refractivity contribution in [2.75, 3.05) is 6.61 Å². The van der Waals surface area contributed by atoms with Crippen LogP contribution in [0, 0.1) is 0 Å². The van der Waals surface area contributed by atoms with Crippen molar-refractivity contribution in [1.82, 2.24) is 0 Å². The monoisotopic (exact) mass is 258 g/mol. The molecule has 0 N–H and O–H groups in total. The van der Waals surface area contributed by atoms with E-state index in [4.69, 9.17) is 4.74 Å². The van der Waals surface area contributed by atoms with Gasteiger partial charge < -0.3 is 4.74 Å². The minimum absolute atomic E-state index is 0.200. The summed E-state index contributed by atoms with van der Waals surface area (Å²) >= 11 is 0. The molecular weight excluding hydrogens is 236 g/mol. The zero-order valence-electron chi connectivity index (χ0n) is 11.8. The van der Waals surface area contributed by atoms with Crippen molar-refractivity contribution < 1.29 is 9.53 Å². The molecule has 0 aliphatic rings. The highest BCUT2D eigenvalue weighted by atomic mass is 16.5. The second-order valence-electron chi connectivity index (χ2n) is 4.29. The number of carbonyl (C=O) groups is 1. The maximum Gasteiger partial charge on any atom is 0.333 e. The molecule has 0 aliphatic heterocycles. The maximum absolute atomic E-state index is 11.8. The number of carbonyl (C=O) groups excluding carboxylic acids is 1. The Balaban J connectivity index is 2.70. The molecule has 0 heterocycles. The van der Waals surface area contributed by atoms with Crippen molar-refractivity contribution in [2.24, 2.45) is 0 Å². The third kappa shape index (κ3) is 6.05. The molecule has 1 rings (SSSR count). The minimum Gasteiger partial charge on any atom is -0.463 e. The van der Waals surface area contributed by atoms with Crippen LogP contribution in [-0.4, -0.2) is 12.6 Å². The van der Waals surface area contributed by atoms with Crippen LogP contribution in [0.15, 0.2) is 48.1 Å². The van der Waals surface area contributed by atoms with E-state index in [-0.39, 0.29) is 5.97 Å². The van der Waals surface area contributed by atoms with Gasteiger partial charge in [0, 0.05) is 5.57 Å². The first-order valence-electron chi connectivity index (χ1n) is 6.87. The molecule has 19 heavy (non-hydrogen) atoms. The maximum atomic E-state index is 11.8. The van der Waals surface area contributed by atoms with Crippen molar-refractivity contribution in [1.29, 1.82) is 0 Å². The lowest BCUT2D eigenvalue weighted by Gasteiger charge is -2.05. The molecule has 102 valence electrons. The summed E-state index contributed by atoms with van der Waals surface area (Å²) in [6, 6.07) is 10.0. The minimum atomic E-state index is -0.200. The summed E-state index contributed by atoms with van der Waals surface area (Å²) in [5.74, 6) is -0.200. The van der Waals surface area contributed by atoms with Gasteiger partial charge in [-0.3, -0.25) is 0 Å². The standard InChI is InChI=1S/C17H22O2/c1-3-5-13-16(17(18)19-4-2)14-9-12-15-10-7-6-8-11-15/h6-12,14H,3-5,13H2,1-2H3/b12-9+,16-14+. The number of unbranched alkanes of at least 4 members (excludes halogenated alkanes) is 1. The Kier molecular flexibility index (Phi) is 7.33. The lowest BCUT2D eigenvalue weighted by molar-refractivity contribution is -0.138. The van der Waals surface area contributed by atoms with Crippen LogP contribution in [-0.2, 0) is 9.53 Å². The van der Waals surface area contributed by atoms with E-state index >= 15 is 0 Å². The van der Waals surface area contributed by atoms with Crippen LogP contribution in [0.1, 0.15) is 38.7 Å². The van der Waals surface area contributed by atoms with Gasteiger partial charge in [-0.1, -0.05) is 61.9 Å². The van der Waals surface area contributed by atoms with Gasteiger partial charge in [0.15, 0.2) is 0 Å². The van der Waals surface area contributed by atoms with Crippen LogP contribution in [0.25, 0.3) is 6.08 Å². The first-order chi connectivity index (χ1) is 9.27. The van der Waals surface area contributed by atoms with Gasteiger partial charge in [0.25, 0.3) is 0 Å². The summed E-state index contributed by atoms with van der Waals surface area (Å²) in [5, 5.41) is 0. The van der Waals surface area contributed by atoms with Crippen LogP contribution >= 0.6 is 0 Å². The zero-order chi connectivity index (χ0) is 13.9. The Morgan fingerprint density at radius 2 is 1.95 bits per heavy atom. The summed E-state index contributed by atoms with van der Waals surface area (Å²) in [4.78, 5) is 11.8. The molecule has 1 aromatic carbocycles. The molecular formula is C17H22O2. The number of esters is 1. The third-order valence-electron chi connectivity index (χ3n) is 2.72. The highest BCUT2D eigenvalue weighted by Crippen LogP contribution is 2.11. The number of benzene rings is 1. The van der Waals surface area contributed by atoms with Gasteiger partial charge in [-0.25, -0.2) is 4.79 Å². The Hall–Kier alpha value is -1.83. The van der Waals surface area contributed by atoms with Gasteiger partial charge in [0.2, 0.25) is 0 Å². The fourth-order valence-corrected chi connectivity index (χ4v) is 1.68. The summed E-state index contributed by atoms with van der Waals surface area (Å²) in [6.45, 7) is 4.36. The average molecular weight is 258 g/mol. The highest BCUT2D eigenvalue weighted by molar-refractivity contribution is 5.88. The van der Waals surface area contributed by atoms with E-state index in [0.29, 0.717) is 6.61 Å². The van der Waals surface area contributed by atoms with Crippen molar-refractivity contribution >= 4 is 12.0 Å². The van der Waals surface area contributed by atoms with Crippen LogP contribution in [0.5, 0.6) is 0 Å². The van der Waals surface area contributed by atoms with Crippen molar-refractivity contribution in [3.63, 3.8) is 0 Å². The topological polar surface area (TPSA) is 26.3 Å². The molecule has 2 nitrogen and oxygen atoms in total. The van der Waals surface area contributed by atoms with E-state index < -0.39 is 0 Å². The van der Waals surface area contributed by atoms with Gasteiger partial charge in [-0.15, -0.1) is 0 Å². The molecule has 1 aromatic rings. The lowest BCUT2D eigenvalue weighted by Crippen LogP contribution is -2.07. The predicted octanol–water partition coefficient (Wildman–Crippen LogP) is 4.38. The van der Waals surface area contributed by atoms with Gasteiger partial charge in [0.05, 0.1) is 6.61 Å². The van der Waals surface area contributed by atoms with Crippen LogP contribution in [0.4, 0.5) is 0 Å². The Morgan fingerprint density at radius 1 is 1.21 bits per heavy atom. The first-order valence-corrected chi connectivity index (χ1v) is 6.87. The molecule has 0 unspecified atom stereocenters. The molecule has 0 saturated heterocycles. The van der Waals surface area contributed by atoms with Crippen molar-refractivity contribution in [3.8, 4) is 0 Å². The number of rotatable bonds is 7. The van der Waals surface area contributed by atoms with E-state index in [1.165, 1.54) is 0 Å². The molecule has 0 amide bonds. The molecule has 0 atom stereocenters. The second kappa shape index (κ2) is 9.15. The number of allylic oxidation sites excluding steroid dienone is 2. The summed E-state index contributed by atoms with van der Waals surface area (Å²) in [7, 11) is 0. The Labute approximate surface area is 115 Å². The van der Waals surface area contributed by atoms with Gasteiger partial charge >= 0.3 is 5.97 Å². The van der Waals surface area contributed by atoms with Crippen molar-refractivity contribution in [3.05, 3.63) is 53.6 Å². The normalized spacial score (nSPS) is 11.8. The third-order valence-corrected chi connectivity index (χ3v) is 2.72. The Morgan fingerprint density at radius 3 is 2.58 bits per heavy atom. The van der Waals surface area contributed by atoms with Gasteiger partial charge in [-0.2, -0.15) is 0 Å². The van der Waals surface area contributed by atoms with Gasteiger partial charge in [-0.05, 0) is 25.3 Å². The molecule has 0 aliphatic carbocycles. The summed E-state index contributed by atoms with van der Waals surface area (Å²) in [5.41, 5.74) is 1.87. The molecule has 0 spiro atoms. The van der Waals surface area contributed by atoms with E-state index in [9.17, 15) is 4.79 Å². The fraction of sp³-hybridized carbons (Fsp3) is 0.353. The van der Waals surface area contributed by atoms with E-state index in [0.717, 1.165) is 30.4 Å². The quantitative estimate of drug-likeness (QED) is 0.412. The summed E-state index contributed by atoms with van der Waals surface area (Å²) < 4.78 is 5.06. The summed E-state index contributed by atoms with van der Waals surface area (Å²) in [6.07, 6.45) is 8.61. The van der Waals surface area contributed by atoms with Crippen molar-refractivity contribution in [2.45, 2.75) is 33.1 Å².